The summed E-state index contributed by atoms with van der Waals surface area (Å²) in [7, 11) is 0. The molecule has 0 radical (unpaired) electrons. The fourth-order valence-electron chi connectivity index (χ4n) is 1.86. The van der Waals surface area contributed by atoms with Gasteiger partial charge in [-0.1, -0.05) is 15.9 Å². The molecule has 19 heavy (non-hydrogen) atoms. The molecule has 1 heterocycles. The number of ether oxygens (including phenoxy) is 1. The monoisotopic (exact) mass is 323 g/mol. The summed E-state index contributed by atoms with van der Waals surface area (Å²) in [5.41, 5.74) is 1.19. The summed E-state index contributed by atoms with van der Waals surface area (Å²) in [6.45, 7) is 2.63. The third-order valence-electron chi connectivity index (χ3n) is 2.90. The van der Waals surface area contributed by atoms with Crippen molar-refractivity contribution >= 4 is 27.5 Å². The summed E-state index contributed by atoms with van der Waals surface area (Å²) in [5.74, 6) is 0.0232. The Hall–Kier alpha value is -1.58. The van der Waals surface area contributed by atoms with Gasteiger partial charge in [0.15, 0.2) is 0 Å². The number of hydrogen-bond acceptors (Lipinski definition) is 4. The molecule has 0 aromatic heterocycles. The number of anilines is 1. The molecule has 1 fully saturated rings. The Balaban J connectivity index is 1.95. The highest BCUT2D eigenvalue weighted by molar-refractivity contribution is 9.10. The first-order chi connectivity index (χ1) is 9.20. The van der Waals surface area contributed by atoms with E-state index < -0.39 is 0 Å². The smallest absolute Gasteiger partial charge is 0.242 e. The second-order valence-corrected chi connectivity index (χ2v) is 5.06. The van der Waals surface area contributed by atoms with Crippen molar-refractivity contribution in [2.75, 3.05) is 38.2 Å². The maximum Gasteiger partial charge on any atom is 0.242 e. The Kier molecular flexibility index (Phi) is 4.77. The number of benzene rings is 1. The standard InChI is InChI=1S/C13H14BrN3O2/c14-11-1-2-12(10(7-11)8-15)16-9-13(18)17-3-5-19-6-4-17/h1-2,7,16H,3-6,9H2. The van der Waals surface area contributed by atoms with Gasteiger partial charge in [-0.2, -0.15) is 5.26 Å². The van der Waals surface area contributed by atoms with Gasteiger partial charge < -0.3 is 15.0 Å². The van der Waals surface area contributed by atoms with Gasteiger partial charge in [0.25, 0.3) is 0 Å². The molecule has 0 bridgehead atoms. The molecule has 100 valence electrons. The van der Waals surface area contributed by atoms with Crippen LogP contribution in [-0.4, -0.2) is 43.7 Å². The van der Waals surface area contributed by atoms with Crippen LogP contribution in [0, 0.1) is 11.3 Å². The van der Waals surface area contributed by atoms with E-state index >= 15 is 0 Å². The van der Waals surface area contributed by atoms with Crippen LogP contribution in [0.25, 0.3) is 0 Å². The molecule has 0 unspecified atom stereocenters. The summed E-state index contributed by atoms with van der Waals surface area (Å²) in [5, 5.41) is 12.0. The average Bonchev–Trinajstić information content (AvgIpc) is 2.46. The summed E-state index contributed by atoms with van der Waals surface area (Å²) in [4.78, 5) is 13.7. The first-order valence-electron chi connectivity index (χ1n) is 6.00. The van der Waals surface area contributed by atoms with E-state index in [1.54, 1.807) is 17.0 Å². The number of carbonyl (C=O) groups is 1. The van der Waals surface area contributed by atoms with E-state index in [1.807, 2.05) is 6.07 Å². The highest BCUT2D eigenvalue weighted by atomic mass is 79.9. The SMILES string of the molecule is N#Cc1cc(Br)ccc1NCC(=O)N1CCOCC1. The van der Waals surface area contributed by atoms with Gasteiger partial charge in [-0.15, -0.1) is 0 Å². The fourth-order valence-corrected chi connectivity index (χ4v) is 2.22. The topological polar surface area (TPSA) is 65.4 Å². The number of nitrogens with one attached hydrogen (secondary N) is 1. The molecule has 1 aliphatic heterocycles. The zero-order chi connectivity index (χ0) is 13.7. The van der Waals surface area contributed by atoms with Crippen molar-refractivity contribution < 1.29 is 9.53 Å². The number of nitriles is 1. The molecule has 0 spiro atoms. The van der Waals surface area contributed by atoms with Gasteiger partial charge in [0.2, 0.25) is 5.91 Å². The third kappa shape index (κ3) is 3.69. The van der Waals surface area contributed by atoms with Crippen LogP contribution < -0.4 is 5.32 Å². The molecular weight excluding hydrogens is 310 g/mol. The number of hydrogen-bond donors (Lipinski definition) is 1. The van der Waals surface area contributed by atoms with E-state index in [9.17, 15) is 4.79 Å². The van der Waals surface area contributed by atoms with Crippen molar-refractivity contribution in [3.63, 3.8) is 0 Å². The van der Waals surface area contributed by atoms with Crippen molar-refractivity contribution in [3.05, 3.63) is 28.2 Å². The Morgan fingerprint density at radius 1 is 1.47 bits per heavy atom. The second-order valence-electron chi connectivity index (χ2n) is 4.15. The van der Waals surface area contributed by atoms with Crippen LogP contribution in [0.3, 0.4) is 0 Å². The molecule has 0 aliphatic carbocycles. The van der Waals surface area contributed by atoms with Crippen molar-refractivity contribution in [2.45, 2.75) is 0 Å². The van der Waals surface area contributed by atoms with E-state index in [1.165, 1.54) is 0 Å². The third-order valence-corrected chi connectivity index (χ3v) is 3.39. The van der Waals surface area contributed by atoms with E-state index in [4.69, 9.17) is 10.00 Å². The van der Waals surface area contributed by atoms with Crippen molar-refractivity contribution in [1.82, 2.24) is 4.90 Å². The van der Waals surface area contributed by atoms with Gasteiger partial charge in [0.1, 0.15) is 6.07 Å². The lowest BCUT2D eigenvalue weighted by atomic mass is 10.2. The Morgan fingerprint density at radius 3 is 2.89 bits per heavy atom. The molecule has 6 heteroatoms. The number of morpholine rings is 1. The van der Waals surface area contributed by atoms with E-state index in [0.717, 1.165) is 4.47 Å². The number of amides is 1. The van der Waals surface area contributed by atoms with Gasteiger partial charge in [-0.25, -0.2) is 0 Å². The molecule has 0 saturated carbocycles. The van der Waals surface area contributed by atoms with Gasteiger partial charge in [0.05, 0.1) is 31.0 Å². The average molecular weight is 324 g/mol. The predicted octanol–water partition coefficient (Wildman–Crippen LogP) is 1.59. The molecule has 1 N–H and O–H groups in total. The predicted molar refractivity (Wildman–Crippen MR) is 74.7 cm³/mol. The van der Waals surface area contributed by atoms with Crippen LogP contribution in [0.2, 0.25) is 0 Å². The minimum absolute atomic E-state index is 0.0232. The highest BCUT2D eigenvalue weighted by Crippen LogP contribution is 2.20. The van der Waals surface area contributed by atoms with E-state index in [2.05, 4.69) is 27.3 Å². The lowest BCUT2D eigenvalue weighted by molar-refractivity contribution is -0.133. The molecule has 1 amide bonds. The summed E-state index contributed by atoms with van der Waals surface area (Å²) < 4.78 is 6.04. The minimum atomic E-state index is 0.0232. The minimum Gasteiger partial charge on any atom is -0.378 e. The molecule has 1 aromatic carbocycles. The van der Waals surface area contributed by atoms with Gasteiger partial charge in [-0.05, 0) is 18.2 Å². The zero-order valence-corrected chi connectivity index (χ0v) is 11.9. The van der Waals surface area contributed by atoms with Crippen molar-refractivity contribution in [1.29, 1.82) is 5.26 Å². The van der Waals surface area contributed by atoms with Crippen molar-refractivity contribution in [2.24, 2.45) is 0 Å². The second kappa shape index (κ2) is 6.55. The first kappa shape index (κ1) is 13.8. The quantitative estimate of drug-likeness (QED) is 0.917. The number of carbonyl (C=O) groups excluding carboxylic acids is 1. The van der Waals surface area contributed by atoms with Crippen LogP contribution in [0.1, 0.15) is 5.56 Å². The molecule has 0 atom stereocenters. The maximum absolute atomic E-state index is 12.0. The zero-order valence-electron chi connectivity index (χ0n) is 10.4. The normalized spacial score (nSPS) is 14.8. The van der Waals surface area contributed by atoms with E-state index in [0.29, 0.717) is 37.6 Å². The highest BCUT2D eigenvalue weighted by Gasteiger charge is 2.16. The molecule has 1 saturated heterocycles. The van der Waals surface area contributed by atoms with Crippen molar-refractivity contribution in [3.8, 4) is 6.07 Å². The Labute approximate surface area is 120 Å². The van der Waals surface area contributed by atoms with Crippen LogP contribution in [0.15, 0.2) is 22.7 Å². The largest absolute Gasteiger partial charge is 0.378 e. The molecule has 1 aliphatic rings. The van der Waals surface area contributed by atoms with Gasteiger partial charge in [0, 0.05) is 17.6 Å². The van der Waals surface area contributed by atoms with Crippen LogP contribution >= 0.6 is 15.9 Å². The summed E-state index contributed by atoms with van der Waals surface area (Å²) in [6.07, 6.45) is 0. The van der Waals surface area contributed by atoms with Crippen LogP contribution in [0.4, 0.5) is 5.69 Å². The number of rotatable bonds is 3. The van der Waals surface area contributed by atoms with Crippen LogP contribution in [0.5, 0.6) is 0 Å². The Bertz CT molecular complexity index is 507. The van der Waals surface area contributed by atoms with Gasteiger partial charge in [-0.3, -0.25) is 4.79 Å². The maximum atomic E-state index is 12.0. The number of halogens is 1. The Morgan fingerprint density at radius 2 is 2.21 bits per heavy atom. The van der Waals surface area contributed by atoms with Crippen LogP contribution in [-0.2, 0) is 9.53 Å². The van der Waals surface area contributed by atoms with Gasteiger partial charge >= 0.3 is 0 Å². The lowest BCUT2D eigenvalue weighted by Crippen LogP contribution is -2.43. The molecule has 1 aromatic rings. The summed E-state index contributed by atoms with van der Waals surface area (Å²) >= 11 is 3.31. The van der Waals surface area contributed by atoms with E-state index in [-0.39, 0.29) is 12.5 Å². The molecular formula is C13H14BrN3O2. The summed E-state index contributed by atoms with van der Waals surface area (Å²) in [6, 6.07) is 7.45. The fraction of sp³-hybridized carbons (Fsp3) is 0.385. The number of nitrogens with zero attached hydrogens (tertiary/aromatic N) is 2. The molecule has 5 nitrogen and oxygen atoms in total. The lowest BCUT2D eigenvalue weighted by Gasteiger charge is -2.27. The molecule has 2 rings (SSSR count). The first-order valence-corrected chi connectivity index (χ1v) is 6.79.